The maximum Gasteiger partial charge on any atom is 0.409 e. The summed E-state index contributed by atoms with van der Waals surface area (Å²) in [4.78, 5) is 30.6. The summed E-state index contributed by atoms with van der Waals surface area (Å²) < 4.78 is 11.8. The summed E-state index contributed by atoms with van der Waals surface area (Å²) in [5.74, 6) is 0.893. The lowest BCUT2D eigenvalue weighted by atomic mass is 10.1. The van der Waals surface area contributed by atoms with Crippen LogP contribution in [0.25, 0.3) is 17.1 Å². The third kappa shape index (κ3) is 4.48. The predicted octanol–water partition coefficient (Wildman–Crippen LogP) is 2.23. The molecule has 0 atom stereocenters. The van der Waals surface area contributed by atoms with Gasteiger partial charge in [0, 0.05) is 36.6 Å². The van der Waals surface area contributed by atoms with Crippen LogP contribution in [0.15, 0.2) is 53.5 Å². The number of pyridine rings is 1. The Bertz CT molecular complexity index is 1160. The lowest BCUT2D eigenvalue weighted by Gasteiger charge is -2.28. The Labute approximate surface area is 177 Å². The molecular weight excluding hydrogens is 402 g/mol. The summed E-state index contributed by atoms with van der Waals surface area (Å²) in [5, 5.41) is 15.8. The number of carbonyl (C=O) groups is 1. The van der Waals surface area contributed by atoms with Crippen LogP contribution in [-0.4, -0.2) is 59.4 Å². The zero-order valence-corrected chi connectivity index (χ0v) is 16.8. The van der Waals surface area contributed by atoms with Crippen LogP contribution < -0.4 is 20.5 Å². The molecule has 31 heavy (non-hydrogen) atoms. The maximum atomic E-state index is 13.0. The molecule has 1 amide bonds. The molecule has 1 fully saturated rings. The van der Waals surface area contributed by atoms with Crippen molar-refractivity contribution < 1.29 is 19.4 Å². The second-order valence-electron chi connectivity index (χ2n) is 6.79. The molecule has 0 bridgehead atoms. The van der Waals surface area contributed by atoms with Gasteiger partial charge >= 0.3 is 6.09 Å². The largest absolute Gasteiger partial charge is 0.497 e. The SMILES string of the molecule is COc1cccc(-c2cc(NC(=O)O)c(=O)n(-c3cc(N4CCOCC4)ccn3)n2)c1. The van der Waals surface area contributed by atoms with E-state index in [1.165, 1.54) is 6.07 Å². The fraction of sp³-hybridized carbons (Fsp3) is 0.238. The molecule has 1 aromatic carbocycles. The smallest absolute Gasteiger partial charge is 0.409 e. The average molecular weight is 423 g/mol. The molecule has 1 aliphatic heterocycles. The lowest BCUT2D eigenvalue weighted by Crippen LogP contribution is -2.36. The normalized spacial score (nSPS) is 13.6. The van der Waals surface area contributed by atoms with Crippen LogP contribution in [0.4, 0.5) is 16.2 Å². The van der Waals surface area contributed by atoms with Crippen LogP contribution in [0.1, 0.15) is 0 Å². The monoisotopic (exact) mass is 423 g/mol. The third-order valence-electron chi connectivity index (χ3n) is 4.84. The van der Waals surface area contributed by atoms with Gasteiger partial charge in [0.25, 0.3) is 5.56 Å². The first-order chi connectivity index (χ1) is 15.0. The van der Waals surface area contributed by atoms with E-state index in [1.807, 2.05) is 6.07 Å². The Morgan fingerprint density at radius 3 is 2.74 bits per heavy atom. The van der Waals surface area contributed by atoms with Crippen molar-refractivity contribution in [3.8, 4) is 22.8 Å². The van der Waals surface area contributed by atoms with Gasteiger partial charge in [-0.05, 0) is 24.3 Å². The Morgan fingerprint density at radius 2 is 2.00 bits per heavy atom. The number of ether oxygens (including phenoxy) is 2. The van der Waals surface area contributed by atoms with Gasteiger partial charge in [0.05, 0.1) is 26.0 Å². The van der Waals surface area contributed by atoms with Gasteiger partial charge < -0.3 is 19.5 Å². The first kappa shape index (κ1) is 20.4. The van der Waals surface area contributed by atoms with Crippen LogP contribution in [-0.2, 0) is 4.74 Å². The molecular formula is C21H21N5O5. The van der Waals surface area contributed by atoms with Crippen molar-refractivity contribution in [2.75, 3.05) is 43.6 Å². The van der Waals surface area contributed by atoms with Gasteiger partial charge in [0.2, 0.25) is 0 Å². The summed E-state index contributed by atoms with van der Waals surface area (Å²) in [6.45, 7) is 2.69. The highest BCUT2D eigenvalue weighted by atomic mass is 16.5. The highest BCUT2D eigenvalue weighted by Gasteiger charge is 2.17. The molecule has 10 nitrogen and oxygen atoms in total. The average Bonchev–Trinajstić information content (AvgIpc) is 2.81. The molecule has 0 aliphatic carbocycles. The van der Waals surface area contributed by atoms with Gasteiger partial charge in [0.1, 0.15) is 11.4 Å². The standard InChI is InChI=1S/C21H21N5O5/c1-30-16-4-2-3-14(11-16)17-13-18(23-21(28)29)20(27)26(24-17)19-12-15(5-6-22-19)25-7-9-31-10-8-25/h2-6,11-13,23H,7-10H2,1H3,(H,28,29). The minimum atomic E-state index is -1.35. The van der Waals surface area contributed by atoms with Crippen LogP contribution in [0.2, 0.25) is 0 Å². The number of nitrogens with one attached hydrogen (secondary N) is 1. The van der Waals surface area contributed by atoms with Gasteiger partial charge in [-0.3, -0.25) is 10.1 Å². The molecule has 2 N–H and O–H groups in total. The molecule has 160 valence electrons. The first-order valence-electron chi connectivity index (χ1n) is 9.63. The zero-order valence-electron chi connectivity index (χ0n) is 16.8. The third-order valence-corrected chi connectivity index (χ3v) is 4.84. The number of amides is 1. The Balaban J connectivity index is 1.83. The molecule has 1 aliphatic rings. The molecule has 2 aromatic heterocycles. The summed E-state index contributed by atoms with van der Waals surface area (Å²) in [6, 6.07) is 12.1. The number of nitrogens with zero attached hydrogens (tertiary/aromatic N) is 4. The van der Waals surface area contributed by atoms with Crippen LogP contribution in [0, 0.1) is 0 Å². The minimum absolute atomic E-state index is 0.126. The molecule has 3 aromatic rings. The van der Waals surface area contributed by atoms with Gasteiger partial charge in [-0.25, -0.2) is 9.78 Å². The quantitative estimate of drug-likeness (QED) is 0.641. The van der Waals surface area contributed by atoms with Gasteiger partial charge in [0.15, 0.2) is 5.82 Å². The highest BCUT2D eigenvalue weighted by Crippen LogP contribution is 2.24. The van der Waals surface area contributed by atoms with Crippen LogP contribution >= 0.6 is 0 Å². The van der Waals surface area contributed by atoms with E-state index >= 15 is 0 Å². The number of hydrogen-bond donors (Lipinski definition) is 2. The van der Waals surface area contributed by atoms with Crippen molar-refractivity contribution in [2.24, 2.45) is 0 Å². The van der Waals surface area contributed by atoms with E-state index in [9.17, 15) is 14.7 Å². The summed E-state index contributed by atoms with van der Waals surface area (Å²) in [7, 11) is 1.55. The minimum Gasteiger partial charge on any atom is -0.497 e. The number of anilines is 2. The van der Waals surface area contributed by atoms with E-state index in [4.69, 9.17) is 9.47 Å². The summed E-state index contributed by atoms with van der Waals surface area (Å²) in [6.07, 6.45) is 0.248. The number of benzene rings is 1. The Hall–Kier alpha value is -3.92. The fourth-order valence-electron chi connectivity index (χ4n) is 3.32. The van der Waals surface area contributed by atoms with Crippen molar-refractivity contribution >= 4 is 17.5 Å². The highest BCUT2D eigenvalue weighted by molar-refractivity contribution is 5.83. The van der Waals surface area contributed by atoms with E-state index in [0.717, 1.165) is 23.5 Å². The number of hydrogen-bond acceptors (Lipinski definition) is 7. The van der Waals surface area contributed by atoms with Crippen molar-refractivity contribution in [3.63, 3.8) is 0 Å². The number of morpholine rings is 1. The summed E-state index contributed by atoms with van der Waals surface area (Å²) >= 11 is 0. The lowest BCUT2D eigenvalue weighted by molar-refractivity contribution is 0.122. The predicted molar refractivity (Wildman–Crippen MR) is 114 cm³/mol. The van der Waals surface area contributed by atoms with Gasteiger partial charge in [-0.15, -0.1) is 0 Å². The molecule has 3 heterocycles. The van der Waals surface area contributed by atoms with Crippen molar-refractivity contribution in [2.45, 2.75) is 0 Å². The Morgan fingerprint density at radius 1 is 1.19 bits per heavy atom. The molecule has 0 radical (unpaired) electrons. The number of carboxylic acid groups (broad SMARTS) is 1. The molecule has 4 rings (SSSR count). The van der Waals surface area contributed by atoms with E-state index in [-0.39, 0.29) is 11.5 Å². The molecule has 0 spiro atoms. The number of methoxy groups -OCH3 is 1. The number of rotatable bonds is 5. The summed E-state index contributed by atoms with van der Waals surface area (Å²) in [5.41, 5.74) is 1.17. The fourth-order valence-corrected chi connectivity index (χ4v) is 3.32. The van der Waals surface area contributed by atoms with Crippen LogP contribution in [0.3, 0.4) is 0 Å². The van der Waals surface area contributed by atoms with E-state index < -0.39 is 11.7 Å². The van der Waals surface area contributed by atoms with Crippen molar-refractivity contribution in [1.82, 2.24) is 14.8 Å². The second-order valence-corrected chi connectivity index (χ2v) is 6.79. The van der Waals surface area contributed by atoms with Gasteiger partial charge in [-0.2, -0.15) is 9.78 Å². The molecule has 10 heteroatoms. The molecule has 0 unspecified atom stereocenters. The molecule has 1 saturated heterocycles. The van der Waals surface area contributed by atoms with Crippen molar-refractivity contribution in [3.05, 3.63) is 59.0 Å². The van der Waals surface area contributed by atoms with E-state index in [2.05, 4.69) is 20.3 Å². The zero-order chi connectivity index (χ0) is 21.8. The topological polar surface area (TPSA) is 119 Å². The van der Waals surface area contributed by atoms with E-state index in [1.54, 1.807) is 43.6 Å². The Kier molecular flexibility index (Phi) is 5.80. The maximum absolute atomic E-state index is 13.0. The van der Waals surface area contributed by atoms with Gasteiger partial charge in [-0.1, -0.05) is 12.1 Å². The first-order valence-corrected chi connectivity index (χ1v) is 9.63. The van der Waals surface area contributed by atoms with Crippen LogP contribution in [0.5, 0.6) is 5.75 Å². The van der Waals surface area contributed by atoms with E-state index in [0.29, 0.717) is 30.2 Å². The second kappa shape index (κ2) is 8.84. The van der Waals surface area contributed by atoms with Crippen molar-refractivity contribution in [1.29, 1.82) is 0 Å². The molecule has 0 saturated carbocycles. The number of aromatic nitrogens is 3.